The molecule has 2 atom stereocenters. The van der Waals surface area contributed by atoms with Crippen LogP contribution in [0.5, 0.6) is 0 Å². The van der Waals surface area contributed by atoms with Crippen LogP contribution in [0.4, 0.5) is 0 Å². The first-order valence-corrected chi connectivity index (χ1v) is 8.36. The molecule has 0 aliphatic rings. The number of nitrogens with two attached hydrogens (primary N) is 1. The van der Waals surface area contributed by atoms with Crippen LogP contribution in [0, 0.1) is 12.8 Å². The van der Waals surface area contributed by atoms with Crippen LogP contribution in [0.3, 0.4) is 0 Å². The third kappa shape index (κ3) is 5.17. The molecule has 0 fully saturated rings. The average Bonchev–Trinajstić information content (AvgIpc) is 2.81. The molecule has 1 aromatic heterocycles. The first kappa shape index (κ1) is 17.6. The maximum Gasteiger partial charge on any atom is 0.0594 e. The van der Waals surface area contributed by atoms with E-state index in [2.05, 4.69) is 44.7 Å². The molecule has 116 valence electrons. The van der Waals surface area contributed by atoms with Gasteiger partial charge in [-0.25, -0.2) is 0 Å². The summed E-state index contributed by atoms with van der Waals surface area (Å²) < 4.78 is 5.28. The monoisotopic (exact) mass is 298 g/mol. The van der Waals surface area contributed by atoms with Gasteiger partial charge in [0.05, 0.1) is 12.6 Å². The third-order valence-electron chi connectivity index (χ3n) is 3.51. The summed E-state index contributed by atoms with van der Waals surface area (Å²) in [5.41, 5.74) is 6.43. The average molecular weight is 298 g/mol. The van der Waals surface area contributed by atoms with Crippen molar-refractivity contribution in [3.8, 4) is 0 Å². The molecule has 0 amide bonds. The van der Waals surface area contributed by atoms with E-state index in [9.17, 15) is 0 Å². The van der Waals surface area contributed by atoms with Crippen LogP contribution in [0.2, 0.25) is 0 Å². The molecule has 0 aromatic carbocycles. The van der Waals surface area contributed by atoms with Crippen LogP contribution in [0.25, 0.3) is 0 Å². The zero-order valence-electron chi connectivity index (χ0n) is 13.6. The van der Waals surface area contributed by atoms with E-state index in [-0.39, 0.29) is 6.04 Å². The van der Waals surface area contributed by atoms with Gasteiger partial charge in [-0.1, -0.05) is 20.8 Å². The fourth-order valence-electron chi connectivity index (χ4n) is 2.52. The predicted octanol–water partition coefficient (Wildman–Crippen LogP) is 3.44. The topological polar surface area (TPSA) is 38.5 Å². The number of thiophene rings is 1. The van der Waals surface area contributed by atoms with Gasteiger partial charge in [-0.3, -0.25) is 4.90 Å². The second-order valence-electron chi connectivity index (χ2n) is 5.85. The van der Waals surface area contributed by atoms with Gasteiger partial charge in [0.1, 0.15) is 0 Å². The van der Waals surface area contributed by atoms with Crippen LogP contribution in [0.15, 0.2) is 12.1 Å². The summed E-state index contributed by atoms with van der Waals surface area (Å²) in [6, 6.07) is 4.90. The van der Waals surface area contributed by atoms with Gasteiger partial charge >= 0.3 is 0 Å². The van der Waals surface area contributed by atoms with E-state index in [1.54, 1.807) is 7.11 Å². The Morgan fingerprint density at radius 2 is 2.05 bits per heavy atom. The highest BCUT2D eigenvalue weighted by molar-refractivity contribution is 7.12. The Kier molecular flexibility index (Phi) is 7.74. The largest absolute Gasteiger partial charge is 0.383 e. The van der Waals surface area contributed by atoms with Crippen molar-refractivity contribution in [1.29, 1.82) is 0 Å². The van der Waals surface area contributed by atoms with E-state index in [1.165, 1.54) is 9.75 Å². The Hall–Kier alpha value is -0.420. The molecule has 0 aliphatic carbocycles. The maximum absolute atomic E-state index is 6.43. The van der Waals surface area contributed by atoms with E-state index in [4.69, 9.17) is 10.5 Å². The second kappa shape index (κ2) is 8.78. The Bertz CT molecular complexity index is 378. The summed E-state index contributed by atoms with van der Waals surface area (Å²) in [4.78, 5) is 5.23. The van der Waals surface area contributed by atoms with Crippen molar-refractivity contribution in [2.24, 2.45) is 11.7 Å². The summed E-state index contributed by atoms with van der Waals surface area (Å²) in [7, 11) is 1.76. The zero-order chi connectivity index (χ0) is 15.1. The molecule has 1 heterocycles. The van der Waals surface area contributed by atoms with Crippen LogP contribution in [-0.4, -0.2) is 37.7 Å². The SMILES string of the molecule is CCC(N)C(c1ccc(C)s1)N(CCOC)CC(C)C. The van der Waals surface area contributed by atoms with Gasteiger partial charge in [0.15, 0.2) is 0 Å². The molecule has 0 aliphatic heterocycles. The van der Waals surface area contributed by atoms with E-state index in [0.29, 0.717) is 12.0 Å². The Morgan fingerprint density at radius 3 is 2.50 bits per heavy atom. The summed E-state index contributed by atoms with van der Waals surface area (Å²) in [5, 5.41) is 0. The molecule has 0 spiro atoms. The fourth-order valence-corrected chi connectivity index (χ4v) is 3.61. The molecule has 2 unspecified atom stereocenters. The van der Waals surface area contributed by atoms with Gasteiger partial charge in [-0.15, -0.1) is 11.3 Å². The lowest BCUT2D eigenvalue weighted by Gasteiger charge is -2.35. The molecule has 2 N–H and O–H groups in total. The number of nitrogens with zero attached hydrogens (tertiary/aromatic N) is 1. The first-order chi connectivity index (χ1) is 9.49. The Balaban J connectivity index is 2.97. The minimum Gasteiger partial charge on any atom is -0.383 e. The van der Waals surface area contributed by atoms with E-state index in [1.807, 2.05) is 11.3 Å². The van der Waals surface area contributed by atoms with Gasteiger partial charge in [0.2, 0.25) is 0 Å². The minimum atomic E-state index is 0.170. The quantitative estimate of drug-likeness (QED) is 0.759. The van der Waals surface area contributed by atoms with Crippen LogP contribution < -0.4 is 5.73 Å². The third-order valence-corrected chi connectivity index (χ3v) is 4.58. The van der Waals surface area contributed by atoms with Crippen LogP contribution >= 0.6 is 11.3 Å². The normalized spacial score (nSPS) is 15.0. The minimum absolute atomic E-state index is 0.170. The molecule has 1 aromatic rings. The van der Waals surface area contributed by atoms with Gasteiger partial charge in [0, 0.05) is 36.0 Å². The Labute approximate surface area is 128 Å². The van der Waals surface area contributed by atoms with Gasteiger partial charge in [-0.2, -0.15) is 0 Å². The van der Waals surface area contributed by atoms with E-state index < -0.39 is 0 Å². The lowest BCUT2D eigenvalue weighted by Crippen LogP contribution is -2.43. The molecule has 0 radical (unpaired) electrons. The summed E-state index contributed by atoms with van der Waals surface area (Å²) in [5.74, 6) is 0.625. The summed E-state index contributed by atoms with van der Waals surface area (Å²) in [6.07, 6.45) is 0.989. The summed E-state index contributed by atoms with van der Waals surface area (Å²) >= 11 is 1.87. The second-order valence-corrected chi connectivity index (χ2v) is 7.17. The van der Waals surface area contributed by atoms with Crippen molar-refractivity contribution in [2.45, 2.75) is 46.2 Å². The van der Waals surface area contributed by atoms with Gasteiger partial charge < -0.3 is 10.5 Å². The van der Waals surface area contributed by atoms with Crippen molar-refractivity contribution >= 4 is 11.3 Å². The standard InChI is InChI=1S/C16H30N2OS/c1-6-14(17)16(15-8-7-13(4)20-15)18(9-10-19-5)11-12(2)3/h7-8,12,14,16H,6,9-11,17H2,1-5H3. The summed E-state index contributed by atoms with van der Waals surface area (Å²) in [6.45, 7) is 11.6. The van der Waals surface area contributed by atoms with Gasteiger partial charge in [0.25, 0.3) is 0 Å². The van der Waals surface area contributed by atoms with Crippen molar-refractivity contribution in [1.82, 2.24) is 4.90 Å². The fraction of sp³-hybridized carbons (Fsp3) is 0.750. The number of ether oxygens (including phenoxy) is 1. The number of hydrogen-bond donors (Lipinski definition) is 1. The molecule has 1 rings (SSSR count). The lowest BCUT2D eigenvalue weighted by atomic mass is 10.0. The number of rotatable bonds is 9. The molecule has 0 bridgehead atoms. The van der Waals surface area contributed by atoms with Crippen molar-refractivity contribution in [2.75, 3.05) is 26.8 Å². The molecular formula is C16H30N2OS. The highest BCUT2D eigenvalue weighted by Crippen LogP contribution is 2.31. The van der Waals surface area contributed by atoms with Crippen molar-refractivity contribution in [3.05, 3.63) is 21.9 Å². The first-order valence-electron chi connectivity index (χ1n) is 7.54. The van der Waals surface area contributed by atoms with E-state index >= 15 is 0 Å². The van der Waals surface area contributed by atoms with Crippen molar-refractivity contribution < 1.29 is 4.74 Å². The number of methoxy groups -OCH3 is 1. The lowest BCUT2D eigenvalue weighted by molar-refractivity contribution is 0.0989. The zero-order valence-corrected chi connectivity index (χ0v) is 14.4. The highest BCUT2D eigenvalue weighted by Gasteiger charge is 2.27. The van der Waals surface area contributed by atoms with Crippen LogP contribution in [-0.2, 0) is 4.74 Å². The molecule has 4 heteroatoms. The molecule has 0 saturated heterocycles. The Morgan fingerprint density at radius 1 is 1.35 bits per heavy atom. The smallest absolute Gasteiger partial charge is 0.0594 e. The molecule has 0 saturated carbocycles. The number of aryl methyl sites for hydroxylation is 1. The molecule has 20 heavy (non-hydrogen) atoms. The predicted molar refractivity (Wildman–Crippen MR) is 88.4 cm³/mol. The van der Waals surface area contributed by atoms with Crippen LogP contribution in [0.1, 0.15) is 43.0 Å². The molecule has 3 nitrogen and oxygen atoms in total. The number of hydrogen-bond acceptors (Lipinski definition) is 4. The maximum atomic E-state index is 6.43. The molecular weight excluding hydrogens is 268 g/mol. The highest BCUT2D eigenvalue weighted by atomic mass is 32.1. The van der Waals surface area contributed by atoms with Gasteiger partial charge in [-0.05, 0) is 31.4 Å². The van der Waals surface area contributed by atoms with Crippen molar-refractivity contribution in [3.63, 3.8) is 0 Å². The van der Waals surface area contributed by atoms with E-state index in [0.717, 1.165) is 26.1 Å².